The first-order valence-electron chi connectivity index (χ1n) is 8.00. The van der Waals surface area contributed by atoms with E-state index in [4.69, 9.17) is 4.74 Å². The van der Waals surface area contributed by atoms with Crippen LogP contribution in [0.25, 0.3) is 0 Å². The Labute approximate surface area is 135 Å². The van der Waals surface area contributed by atoms with Gasteiger partial charge in [0.2, 0.25) is 5.91 Å². The number of aliphatic imine (C=N–C) groups is 1. The minimum Gasteiger partial charge on any atom is -0.373 e. The molecular weight excluding hydrogens is 280 g/mol. The fourth-order valence-electron chi connectivity index (χ4n) is 1.63. The van der Waals surface area contributed by atoms with E-state index in [1.54, 1.807) is 6.21 Å². The molecule has 2 N–H and O–H groups in total. The monoisotopic (exact) mass is 312 g/mol. The maximum absolute atomic E-state index is 11.5. The highest BCUT2D eigenvalue weighted by atomic mass is 16.5. The van der Waals surface area contributed by atoms with Crippen molar-refractivity contribution >= 4 is 12.1 Å². The smallest absolute Gasteiger partial charge is 0.245 e. The predicted octanol–water partition coefficient (Wildman–Crippen LogP) is 1.04. The van der Waals surface area contributed by atoms with Gasteiger partial charge in [-0.1, -0.05) is 6.92 Å². The van der Waals surface area contributed by atoms with Crippen molar-refractivity contribution in [3.8, 4) is 0 Å². The van der Waals surface area contributed by atoms with E-state index in [0.29, 0.717) is 13.2 Å². The Morgan fingerprint density at radius 1 is 1.41 bits per heavy atom. The van der Waals surface area contributed by atoms with Gasteiger partial charge in [0.25, 0.3) is 0 Å². The fraction of sp³-hybridized carbons (Fsp3) is 0.750. The largest absolute Gasteiger partial charge is 0.373 e. The third-order valence-corrected chi connectivity index (χ3v) is 3.23. The first kappa shape index (κ1) is 20.8. The Morgan fingerprint density at radius 2 is 2.18 bits per heavy atom. The van der Waals surface area contributed by atoms with Crippen molar-refractivity contribution in [1.82, 2.24) is 15.5 Å². The summed E-state index contributed by atoms with van der Waals surface area (Å²) in [6, 6.07) is 0. The summed E-state index contributed by atoms with van der Waals surface area (Å²) in [5.74, 6) is -0.111. The third kappa shape index (κ3) is 13.7. The average molecular weight is 312 g/mol. The topological polar surface area (TPSA) is 66.0 Å². The van der Waals surface area contributed by atoms with Crippen LogP contribution in [0.2, 0.25) is 0 Å². The van der Waals surface area contributed by atoms with E-state index < -0.39 is 0 Å². The number of rotatable bonds is 13. The van der Waals surface area contributed by atoms with Crippen LogP contribution < -0.4 is 10.6 Å². The van der Waals surface area contributed by atoms with E-state index in [1.165, 1.54) is 12.3 Å². The van der Waals surface area contributed by atoms with Crippen molar-refractivity contribution < 1.29 is 9.53 Å². The molecule has 1 atom stereocenters. The Morgan fingerprint density at radius 3 is 2.86 bits per heavy atom. The Bertz CT molecular complexity index is 332. The maximum Gasteiger partial charge on any atom is 0.245 e. The maximum atomic E-state index is 11.5. The Balaban J connectivity index is 3.61. The molecule has 0 aliphatic carbocycles. The molecule has 128 valence electrons. The summed E-state index contributed by atoms with van der Waals surface area (Å²) < 4.78 is 5.54. The molecule has 6 nitrogen and oxygen atoms in total. The van der Waals surface area contributed by atoms with Crippen molar-refractivity contribution in [2.24, 2.45) is 4.99 Å². The van der Waals surface area contributed by atoms with Gasteiger partial charge in [-0.25, -0.2) is 0 Å². The molecule has 0 saturated carbocycles. The van der Waals surface area contributed by atoms with Crippen molar-refractivity contribution in [3.05, 3.63) is 12.3 Å². The molecule has 1 unspecified atom stereocenters. The molecule has 0 aliphatic heterocycles. The molecule has 6 heteroatoms. The summed E-state index contributed by atoms with van der Waals surface area (Å²) in [6.45, 7) is 8.24. The van der Waals surface area contributed by atoms with Crippen molar-refractivity contribution in [3.63, 3.8) is 0 Å². The van der Waals surface area contributed by atoms with Crippen molar-refractivity contribution in [1.29, 1.82) is 0 Å². The Kier molecular flexibility index (Phi) is 13.9. The van der Waals surface area contributed by atoms with Gasteiger partial charge in [0.15, 0.2) is 0 Å². The summed E-state index contributed by atoms with van der Waals surface area (Å²) in [6.07, 6.45) is 6.71. The van der Waals surface area contributed by atoms with Crippen LogP contribution in [0.15, 0.2) is 17.3 Å². The first-order valence-corrected chi connectivity index (χ1v) is 8.00. The van der Waals surface area contributed by atoms with Crippen LogP contribution >= 0.6 is 0 Å². The molecular formula is C16H32N4O2. The van der Waals surface area contributed by atoms with E-state index in [1.807, 2.05) is 14.0 Å². The lowest BCUT2D eigenvalue weighted by Gasteiger charge is -2.12. The molecule has 0 rings (SSSR count). The van der Waals surface area contributed by atoms with Crippen LogP contribution in [0, 0.1) is 0 Å². The van der Waals surface area contributed by atoms with Crippen LogP contribution in [-0.4, -0.2) is 70.0 Å². The highest BCUT2D eigenvalue weighted by Crippen LogP contribution is 1.94. The number of carbonyl (C=O) groups is 1. The number of ether oxygens (including phenoxy) is 1. The van der Waals surface area contributed by atoms with Crippen LogP contribution in [0.1, 0.15) is 26.7 Å². The molecule has 0 aromatic heterocycles. The van der Waals surface area contributed by atoms with Gasteiger partial charge in [-0.05, 0) is 53.5 Å². The van der Waals surface area contributed by atoms with Crippen LogP contribution in [0.4, 0.5) is 0 Å². The zero-order valence-electron chi connectivity index (χ0n) is 14.5. The Hall–Kier alpha value is -1.24. The summed E-state index contributed by atoms with van der Waals surface area (Å²) in [4.78, 5) is 17.7. The molecule has 0 bridgehead atoms. The van der Waals surface area contributed by atoms with E-state index in [-0.39, 0.29) is 12.0 Å². The zero-order chi connectivity index (χ0) is 16.6. The molecule has 0 aliphatic rings. The number of nitrogens with zero attached hydrogens (tertiary/aromatic N) is 2. The van der Waals surface area contributed by atoms with Gasteiger partial charge in [0.1, 0.15) is 0 Å². The van der Waals surface area contributed by atoms with Gasteiger partial charge in [0, 0.05) is 25.0 Å². The van der Waals surface area contributed by atoms with Crippen molar-refractivity contribution in [2.45, 2.75) is 32.8 Å². The minimum atomic E-state index is -0.111. The number of nitrogens with one attached hydrogen (secondary N) is 2. The predicted molar refractivity (Wildman–Crippen MR) is 92.4 cm³/mol. The van der Waals surface area contributed by atoms with E-state index >= 15 is 0 Å². The van der Waals surface area contributed by atoms with Crippen LogP contribution in [-0.2, 0) is 9.53 Å². The van der Waals surface area contributed by atoms with Crippen molar-refractivity contribution in [2.75, 3.05) is 46.9 Å². The number of carbonyl (C=O) groups excluding carboxylic acids is 1. The van der Waals surface area contributed by atoms with Gasteiger partial charge < -0.3 is 20.3 Å². The average Bonchev–Trinajstić information content (AvgIpc) is 2.52. The molecule has 0 heterocycles. The van der Waals surface area contributed by atoms with Gasteiger partial charge in [-0.2, -0.15) is 0 Å². The summed E-state index contributed by atoms with van der Waals surface area (Å²) in [5.41, 5.74) is 0. The SMILES string of the molecule is CCN(C)CCCNC(=O)/C=C/N=CCOC(C)CCNC. The quantitative estimate of drug-likeness (QED) is 0.303. The van der Waals surface area contributed by atoms with Gasteiger partial charge in [0.05, 0.1) is 12.7 Å². The fourth-order valence-corrected chi connectivity index (χ4v) is 1.63. The second-order valence-electron chi connectivity index (χ2n) is 5.22. The molecule has 1 amide bonds. The first-order chi connectivity index (χ1) is 10.6. The highest BCUT2D eigenvalue weighted by molar-refractivity contribution is 5.87. The summed E-state index contributed by atoms with van der Waals surface area (Å²) in [5, 5.41) is 5.91. The molecule has 22 heavy (non-hydrogen) atoms. The summed E-state index contributed by atoms with van der Waals surface area (Å²) in [7, 11) is 3.99. The molecule has 0 fully saturated rings. The second-order valence-corrected chi connectivity index (χ2v) is 5.22. The number of amides is 1. The highest BCUT2D eigenvalue weighted by Gasteiger charge is 1.99. The lowest BCUT2D eigenvalue weighted by molar-refractivity contribution is -0.116. The van der Waals surface area contributed by atoms with Gasteiger partial charge in [-0.3, -0.25) is 9.79 Å². The van der Waals surface area contributed by atoms with E-state index in [9.17, 15) is 4.79 Å². The van der Waals surface area contributed by atoms with Crippen LogP contribution in [0.5, 0.6) is 0 Å². The molecule has 0 spiro atoms. The normalized spacial score (nSPS) is 13.3. The standard InChI is InChI=1S/C16H32N4O2/c1-5-20(4)13-6-9-19-16(21)8-11-18-12-14-22-15(2)7-10-17-3/h8,11-12,15,17H,5-7,9-10,13-14H2,1-4H3,(H,19,21)/b11-8+,18-12?. The van der Waals surface area contributed by atoms with Gasteiger partial charge in [-0.15, -0.1) is 0 Å². The van der Waals surface area contributed by atoms with E-state index in [0.717, 1.165) is 32.5 Å². The van der Waals surface area contributed by atoms with Gasteiger partial charge >= 0.3 is 0 Å². The van der Waals surface area contributed by atoms with Crippen LogP contribution in [0.3, 0.4) is 0 Å². The second kappa shape index (κ2) is 14.7. The molecule has 0 radical (unpaired) electrons. The number of hydrogen-bond donors (Lipinski definition) is 2. The molecule has 0 aromatic carbocycles. The lowest BCUT2D eigenvalue weighted by atomic mass is 10.3. The lowest BCUT2D eigenvalue weighted by Crippen LogP contribution is -2.26. The zero-order valence-corrected chi connectivity index (χ0v) is 14.5. The summed E-state index contributed by atoms with van der Waals surface area (Å²) >= 11 is 0. The number of hydrogen-bond acceptors (Lipinski definition) is 5. The third-order valence-electron chi connectivity index (χ3n) is 3.23. The minimum absolute atomic E-state index is 0.111. The van der Waals surface area contributed by atoms with E-state index in [2.05, 4.69) is 34.5 Å². The molecule has 0 saturated heterocycles. The molecule has 0 aromatic rings.